The van der Waals surface area contributed by atoms with Crippen molar-refractivity contribution in [2.24, 2.45) is 0 Å². The van der Waals surface area contributed by atoms with Crippen LogP contribution in [0.15, 0.2) is 66.9 Å². The first-order valence-corrected chi connectivity index (χ1v) is 9.51. The summed E-state index contributed by atoms with van der Waals surface area (Å²) in [5.74, 6) is 0.709. The lowest BCUT2D eigenvalue weighted by molar-refractivity contribution is 0.298. The van der Waals surface area contributed by atoms with Crippen LogP contribution in [0.1, 0.15) is 5.56 Å². The number of nitrogens with zero attached hydrogens (tertiary/aromatic N) is 1. The van der Waals surface area contributed by atoms with E-state index >= 15 is 0 Å². The minimum absolute atomic E-state index is 0.00569. The summed E-state index contributed by atoms with van der Waals surface area (Å²) in [4.78, 5) is 0. The van der Waals surface area contributed by atoms with E-state index in [4.69, 9.17) is 21.1 Å². The molecule has 2 N–H and O–H groups in total. The smallest absolute Gasteiger partial charge is 0.131 e. The largest absolute Gasteiger partial charge is 0.507 e. The van der Waals surface area contributed by atoms with Crippen LogP contribution < -0.4 is 9.47 Å². The second-order valence-corrected chi connectivity index (χ2v) is 6.96. The molecule has 4 aromatic rings. The highest BCUT2D eigenvalue weighted by Crippen LogP contribution is 2.37. The van der Waals surface area contributed by atoms with Crippen molar-refractivity contribution in [1.29, 1.82) is 0 Å². The van der Waals surface area contributed by atoms with Crippen molar-refractivity contribution >= 4 is 11.6 Å². The molecular formula is C23H18ClFN2O3. The number of aromatic nitrogens is 2. The molecule has 5 nitrogen and oxygen atoms in total. The van der Waals surface area contributed by atoms with Crippen LogP contribution in [0.25, 0.3) is 22.4 Å². The molecule has 0 unspecified atom stereocenters. The number of nitrogens with one attached hydrogen (secondary N) is 1. The van der Waals surface area contributed by atoms with Crippen LogP contribution >= 0.6 is 11.6 Å². The Morgan fingerprint density at radius 3 is 2.50 bits per heavy atom. The number of benzene rings is 3. The van der Waals surface area contributed by atoms with Gasteiger partial charge in [-0.3, -0.25) is 5.10 Å². The van der Waals surface area contributed by atoms with Crippen LogP contribution in [0.2, 0.25) is 5.02 Å². The Hall–Kier alpha value is -3.51. The molecule has 7 heteroatoms. The van der Waals surface area contributed by atoms with Gasteiger partial charge in [0.15, 0.2) is 0 Å². The van der Waals surface area contributed by atoms with Gasteiger partial charge in [0.25, 0.3) is 0 Å². The molecule has 0 aliphatic heterocycles. The molecule has 1 heterocycles. The topological polar surface area (TPSA) is 67.4 Å². The maximum Gasteiger partial charge on any atom is 0.131 e. The van der Waals surface area contributed by atoms with Gasteiger partial charge in [-0.05, 0) is 42.0 Å². The van der Waals surface area contributed by atoms with Gasteiger partial charge in [-0.15, -0.1) is 0 Å². The molecule has 152 valence electrons. The van der Waals surface area contributed by atoms with Gasteiger partial charge in [0, 0.05) is 22.8 Å². The summed E-state index contributed by atoms with van der Waals surface area (Å²) in [5.41, 5.74) is 3.25. The number of H-pyrrole nitrogens is 1. The van der Waals surface area contributed by atoms with Gasteiger partial charge >= 0.3 is 0 Å². The predicted octanol–water partition coefficient (Wildman–Crippen LogP) is 5.83. The fourth-order valence-corrected chi connectivity index (χ4v) is 3.34. The first-order chi connectivity index (χ1) is 14.6. The van der Waals surface area contributed by atoms with E-state index in [1.54, 1.807) is 31.5 Å². The number of aromatic amines is 1. The summed E-state index contributed by atoms with van der Waals surface area (Å²) in [6.45, 7) is -0.0501. The van der Waals surface area contributed by atoms with Crippen LogP contribution in [0.3, 0.4) is 0 Å². The van der Waals surface area contributed by atoms with Crippen LogP contribution in [0, 0.1) is 5.82 Å². The first-order valence-electron chi connectivity index (χ1n) is 9.13. The average Bonchev–Trinajstić information content (AvgIpc) is 3.23. The van der Waals surface area contributed by atoms with Gasteiger partial charge in [0.1, 0.15) is 29.7 Å². The lowest BCUT2D eigenvalue weighted by Gasteiger charge is -2.11. The normalized spacial score (nSPS) is 10.8. The number of ether oxygens (including phenoxy) is 2. The molecule has 30 heavy (non-hydrogen) atoms. The Morgan fingerprint density at radius 1 is 1.03 bits per heavy atom. The molecule has 1 aromatic heterocycles. The minimum atomic E-state index is -0.440. The zero-order valence-corrected chi connectivity index (χ0v) is 16.8. The van der Waals surface area contributed by atoms with Gasteiger partial charge < -0.3 is 14.6 Å². The Bertz CT molecular complexity index is 1160. The molecule has 0 saturated heterocycles. The van der Waals surface area contributed by atoms with Crippen molar-refractivity contribution in [1.82, 2.24) is 10.2 Å². The zero-order valence-electron chi connectivity index (χ0n) is 16.0. The molecule has 0 aliphatic rings. The third-order valence-electron chi connectivity index (χ3n) is 4.72. The molecule has 0 fully saturated rings. The highest BCUT2D eigenvalue weighted by atomic mass is 35.5. The minimum Gasteiger partial charge on any atom is -0.507 e. The van der Waals surface area contributed by atoms with Crippen molar-refractivity contribution < 1.29 is 19.0 Å². The fraction of sp³-hybridized carbons (Fsp3) is 0.0870. The SMILES string of the molecule is COc1ccc(-c2cn[nH]c2-c2ccc(OCc3c(F)cccc3Cl)cc2O)cc1. The Morgan fingerprint density at radius 2 is 1.80 bits per heavy atom. The van der Waals surface area contributed by atoms with Crippen molar-refractivity contribution in [2.45, 2.75) is 6.61 Å². The summed E-state index contributed by atoms with van der Waals surface area (Å²) in [7, 11) is 1.61. The van der Waals surface area contributed by atoms with Gasteiger partial charge in [-0.1, -0.05) is 29.8 Å². The van der Waals surface area contributed by atoms with Crippen molar-refractivity contribution in [3.05, 3.63) is 83.3 Å². The third-order valence-corrected chi connectivity index (χ3v) is 5.08. The molecule has 0 spiro atoms. The van der Waals surface area contributed by atoms with Crippen molar-refractivity contribution in [2.75, 3.05) is 7.11 Å². The summed E-state index contributed by atoms with van der Waals surface area (Å²) < 4.78 is 24.7. The van der Waals surface area contributed by atoms with Gasteiger partial charge in [-0.2, -0.15) is 5.10 Å². The van der Waals surface area contributed by atoms with E-state index in [9.17, 15) is 9.50 Å². The fourth-order valence-electron chi connectivity index (χ4n) is 3.12. The van der Waals surface area contributed by atoms with Gasteiger partial charge in [0.05, 0.1) is 24.0 Å². The summed E-state index contributed by atoms with van der Waals surface area (Å²) in [6.07, 6.45) is 1.70. The number of hydrogen-bond donors (Lipinski definition) is 2. The number of phenolic OH excluding ortho intramolecular Hbond substituents is 1. The quantitative estimate of drug-likeness (QED) is 0.408. The second-order valence-electron chi connectivity index (χ2n) is 6.56. The van der Waals surface area contributed by atoms with Crippen LogP contribution in [0.5, 0.6) is 17.2 Å². The summed E-state index contributed by atoms with van der Waals surface area (Å²) >= 11 is 6.03. The lowest BCUT2D eigenvalue weighted by atomic mass is 10.0. The molecule has 0 bridgehead atoms. The molecule has 4 rings (SSSR count). The second kappa shape index (κ2) is 8.47. The molecule has 0 aliphatic carbocycles. The van der Waals surface area contributed by atoms with Crippen LogP contribution in [-0.2, 0) is 6.61 Å². The first kappa shape index (κ1) is 19.8. The standard InChI is InChI=1S/C23H18ClFN2O3/c1-29-15-7-5-14(6-8-15)18-12-26-27-23(18)17-10-9-16(11-22(17)28)30-13-19-20(24)3-2-4-21(19)25/h2-12,28H,13H2,1H3,(H,26,27). The zero-order chi connectivity index (χ0) is 21.1. The third kappa shape index (κ3) is 3.95. The van der Waals surface area contributed by atoms with E-state index in [-0.39, 0.29) is 22.9 Å². The number of halogens is 2. The number of methoxy groups -OCH3 is 1. The Labute approximate surface area is 177 Å². The molecular weight excluding hydrogens is 407 g/mol. The Balaban J connectivity index is 1.58. The monoisotopic (exact) mass is 424 g/mol. The van der Waals surface area contributed by atoms with E-state index in [1.165, 1.54) is 18.2 Å². The molecule has 0 atom stereocenters. The Kier molecular flexibility index (Phi) is 5.59. The maximum atomic E-state index is 13.9. The van der Waals surface area contributed by atoms with Crippen LogP contribution in [-0.4, -0.2) is 22.4 Å². The van der Waals surface area contributed by atoms with Crippen molar-refractivity contribution in [3.8, 4) is 39.6 Å². The van der Waals surface area contributed by atoms with Gasteiger partial charge in [0.2, 0.25) is 0 Å². The number of phenols is 1. The lowest BCUT2D eigenvalue weighted by Crippen LogP contribution is -1.99. The average molecular weight is 425 g/mol. The summed E-state index contributed by atoms with van der Waals surface area (Å²) in [6, 6.07) is 16.9. The van der Waals surface area contributed by atoms with Crippen LogP contribution in [0.4, 0.5) is 4.39 Å². The van der Waals surface area contributed by atoms with E-state index < -0.39 is 5.82 Å². The molecule has 3 aromatic carbocycles. The molecule has 0 saturated carbocycles. The van der Waals surface area contributed by atoms with Gasteiger partial charge in [-0.25, -0.2) is 4.39 Å². The molecule has 0 amide bonds. The highest BCUT2D eigenvalue weighted by Gasteiger charge is 2.15. The van der Waals surface area contributed by atoms with E-state index in [0.29, 0.717) is 17.0 Å². The highest BCUT2D eigenvalue weighted by molar-refractivity contribution is 6.31. The van der Waals surface area contributed by atoms with E-state index in [0.717, 1.165) is 16.9 Å². The van der Waals surface area contributed by atoms with E-state index in [1.807, 2.05) is 24.3 Å². The number of aromatic hydroxyl groups is 1. The molecule has 0 radical (unpaired) electrons. The van der Waals surface area contributed by atoms with Crippen molar-refractivity contribution in [3.63, 3.8) is 0 Å². The number of rotatable bonds is 6. The number of hydrogen-bond acceptors (Lipinski definition) is 4. The van der Waals surface area contributed by atoms with E-state index in [2.05, 4.69) is 10.2 Å². The predicted molar refractivity (Wildman–Crippen MR) is 113 cm³/mol. The maximum absolute atomic E-state index is 13.9. The summed E-state index contributed by atoms with van der Waals surface area (Å²) in [5, 5.41) is 17.9.